The van der Waals surface area contributed by atoms with Crippen LogP contribution in [0.3, 0.4) is 0 Å². The van der Waals surface area contributed by atoms with E-state index in [2.05, 4.69) is 20.0 Å². The van der Waals surface area contributed by atoms with Gasteiger partial charge in [0, 0.05) is 5.02 Å². The second-order valence-electron chi connectivity index (χ2n) is 4.13. The Labute approximate surface area is 122 Å². The molecule has 0 aliphatic heterocycles. The zero-order valence-electron chi connectivity index (χ0n) is 10.4. The summed E-state index contributed by atoms with van der Waals surface area (Å²) < 4.78 is 41.2. The maximum Gasteiger partial charge on any atom is 0.397 e. The highest BCUT2D eigenvalue weighted by Crippen LogP contribution is 2.23. The predicted octanol–water partition coefficient (Wildman–Crippen LogP) is 2.88. The van der Waals surface area contributed by atoms with Crippen molar-refractivity contribution in [2.45, 2.75) is 18.6 Å². The van der Waals surface area contributed by atoms with Gasteiger partial charge in [0.2, 0.25) is 12.3 Å². The van der Waals surface area contributed by atoms with Crippen molar-refractivity contribution in [3.8, 4) is 0 Å². The molecule has 112 valence electrons. The summed E-state index contributed by atoms with van der Waals surface area (Å²) in [4.78, 5) is 15.2. The molecule has 2 rings (SSSR count). The average molecular weight is 320 g/mol. The number of hydrogen-bond acceptors (Lipinski definition) is 4. The lowest BCUT2D eigenvalue weighted by Gasteiger charge is -2.16. The molecule has 1 aromatic carbocycles. The highest BCUT2D eigenvalue weighted by molar-refractivity contribution is 6.30. The lowest BCUT2D eigenvalue weighted by Crippen LogP contribution is -2.33. The molecule has 0 spiro atoms. The van der Waals surface area contributed by atoms with Crippen molar-refractivity contribution in [1.29, 1.82) is 0 Å². The Balaban J connectivity index is 2.22. The number of amides is 1. The van der Waals surface area contributed by atoms with Crippen LogP contribution >= 0.6 is 11.6 Å². The van der Waals surface area contributed by atoms with Gasteiger partial charge < -0.3 is 9.84 Å². The van der Waals surface area contributed by atoms with Crippen LogP contribution in [0.5, 0.6) is 0 Å². The minimum Gasteiger partial charge on any atom is -0.343 e. The summed E-state index contributed by atoms with van der Waals surface area (Å²) in [6.45, 7) is 0. The van der Waals surface area contributed by atoms with E-state index in [-0.39, 0.29) is 5.82 Å². The zero-order valence-corrected chi connectivity index (χ0v) is 11.1. The molecule has 1 N–H and O–H groups in total. The van der Waals surface area contributed by atoms with E-state index in [1.165, 1.54) is 0 Å². The molecule has 21 heavy (non-hydrogen) atoms. The summed E-state index contributed by atoms with van der Waals surface area (Å²) in [5, 5.41) is 6.23. The third-order valence-electron chi connectivity index (χ3n) is 2.51. The zero-order chi connectivity index (χ0) is 15.5. The first-order chi connectivity index (χ1) is 9.85. The molecule has 1 heterocycles. The van der Waals surface area contributed by atoms with Crippen molar-refractivity contribution in [2.24, 2.45) is 0 Å². The van der Waals surface area contributed by atoms with Crippen molar-refractivity contribution in [2.75, 3.05) is 0 Å². The number of rotatable bonds is 4. The fourth-order valence-corrected chi connectivity index (χ4v) is 1.78. The normalized spacial score (nSPS) is 13.0. The number of benzene rings is 1. The van der Waals surface area contributed by atoms with E-state index in [4.69, 9.17) is 11.6 Å². The highest BCUT2D eigenvalue weighted by Gasteiger charge is 2.33. The van der Waals surface area contributed by atoms with Gasteiger partial charge in [-0.3, -0.25) is 4.79 Å². The van der Waals surface area contributed by atoms with Crippen molar-refractivity contribution >= 4 is 17.5 Å². The van der Waals surface area contributed by atoms with Crippen molar-refractivity contribution < 1.29 is 22.5 Å². The van der Waals surface area contributed by atoms with E-state index < -0.39 is 24.5 Å². The van der Waals surface area contributed by atoms with Crippen LogP contribution < -0.4 is 5.32 Å². The van der Waals surface area contributed by atoms with Gasteiger partial charge in [-0.2, -0.15) is 18.2 Å². The second kappa shape index (κ2) is 6.13. The minimum absolute atomic E-state index is 0.0489. The molecule has 9 heteroatoms. The molecule has 0 radical (unpaired) electrons. The average Bonchev–Trinajstić information content (AvgIpc) is 2.88. The monoisotopic (exact) mass is 319 g/mol. The lowest BCUT2D eigenvalue weighted by atomic mass is 10.1. The molecular formula is C12H9ClF3N3O2. The first-order valence-corrected chi connectivity index (χ1v) is 6.11. The maximum absolute atomic E-state index is 12.2. The molecule has 0 aliphatic rings. The number of carbonyl (C=O) groups is 1. The number of halogens is 4. The summed E-state index contributed by atoms with van der Waals surface area (Å²) in [7, 11) is 0. The van der Waals surface area contributed by atoms with E-state index in [1.807, 2.05) is 0 Å². The molecule has 5 nitrogen and oxygen atoms in total. The summed E-state index contributed by atoms with van der Waals surface area (Å²) in [6.07, 6.45) is -5.16. The van der Waals surface area contributed by atoms with Crippen molar-refractivity contribution in [1.82, 2.24) is 15.5 Å². The van der Waals surface area contributed by atoms with Crippen molar-refractivity contribution in [3.05, 3.63) is 47.1 Å². The fraction of sp³-hybridized carbons (Fsp3) is 0.250. The topological polar surface area (TPSA) is 68.0 Å². The Kier molecular flexibility index (Phi) is 4.46. The van der Waals surface area contributed by atoms with E-state index >= 15 is 0 Å². The quantitative estimate of drug-likeness (QED) is 0.941. The first kappa shape index (κ1) is 15.3. The second-order valence-corrected chi connectivity index (χ2v) is 4.57. The van der Waals surface area contributed by atoms with Crippen LogP contribution in [0.2, 0.25) is 5.02 Å². The molecule has 0 saturated heterocycles. The molecular weight excluding hydrogens is 311 g/mol. The van der Waals surface area contributed by atoms with Crippen LogP contribution in [0.25, 0.3) is 0 Å². The van der Waals surface area contributed by atoms with Crippen LogP contribution in [-0.4, -0.2) is 22.2 Å². The van der Waals surface area contributed by atoms with Gasteiger partial charge in [0.1, 0.15) is 12.5 Å². The van der Waals surface area contributed by atoms with Gasteiger partial charge in [-0.05, 0) is 17.7 Å². The maximum atomic E-state index is 12.2. The number of hydrogen-bond donors (Lipinski definition) is 1. The number of carbonyl (C=O) groups excluding carboxylic acids is 1. The number of nitrogens with zero attached hydrogens (tertiary/aromatic N) is 2. The van der Waals surface area contributed by atoms with Crippen LogP contribution in [0.4, 0.5) is 13.2 Å². The van der Waals surface area contributed by atoms with Gasteiger partial charge in [-0.25, -0.2) is 0 Å². The molecule has 0 saturated carbocycles. The Hall–Kier alpha value is -2.09. The van der Waals surface area contributed by atoms with Crippen LogP contribution in [0, 0.1) is 0 Å². The molecule has 2 aromatic rings. The van der Waals surface area contributed by atoms with Gasteiger partial charge >= 0.3 is 6.18 Å². The number of aromatic nitrogens is 2. The number of alkyl halides is 3. The van der Waals surface area contributed by atoms with Gasteiger partial charge in [-0.15, -0.1) is 0 Å². The van der Waals surface area contributed by atoms with Crippen molar-refractivity contribution in [3.63, 3.8) is 0 Å². The van der Waals surface area contributed by atoms with E-state index in [0.29, 0.717) is 10.6 Å². The van der Waals surface area contributed by atoms with Crippen LogP contribution in [-0.2, 0) is 4.79 Å². The highest BCUT2D eigenvalue weighted by atomic mass is 35.5. The van der Waals surface area contributed by atoms with Gasteiger partial charge in [0.25, 0.3) is 0 Å². The third-order valence-corrected chi connectivity index (χ3v) is 2.76. The van der Waals surface area contributed by atoms with E-state index in [1.54, 1.807) is 24.3 Å². The summed E-state index contributed by atoms with van der Waals surface area (Å²) >= 11 is 5.75. The Morgan fingerprint density at radius 1 is 1.33 bits per heavy atom. The first-order valence-electron chi connectivity index (χ1n) is 5.73. The van der Waals surface area contributed by atoms with E-state index in [9.17, 15) is 18.0 Å². The standard InChI is InChI=1S/C12H9ClF3N3O2/c13-8-3-1-7(2-4-8)10(11-17-6-21-19-11)18-9(20)5-12(14,15)16/h1-4,6,10H,5H2,(H,18,20)/t10-/m0/s1. The fourth-order valence-electron chi connectivity index (χ4n) is 1.65. The van der Waals surface area contributed by atoms with E-state index in [0.717, 1.165) is 6.39 Å². The molecule has 0 aliphatic carbocycles. The molecule has 1 atom stereocenters. The molecule has 0 fully saturated rings. The van der Waals surface area contributed by atoms with Gasteiger partial charge in [-0.1, -0.05) is 28.9 Å². The van der Waals surface area contributed by atoms with Crippen LogP contribution in [0.15, 0.2) is 35.2 Å². The Morgan fingerprint density at radius 3 is 2.52 bits per heavy atom. The lowest BCUT2D eigenvalue weighted by molar-refractivity contribution is -0.154. The summed E-state index contributed by atoms with van der Waals surface area (Å²) in [5.74, 6) is -1.14. The SMILES string of the molecule is O=C(CC(F)(F)F)N[C@@H](c1ccc(Cl)cc1)c1ncon1. The van der Waals surface area contributed by atoms with Crippen LogP contribution in [0.1, 0.15) is 23.9 Å². The van der Waals surface area contributed by atoms with Gasteiger partial charge in [0.05, 0.1) is 0 Å². The number of nitrogens with one attached hydrogen (secondary N) is 1. The molecule has 0 bridgehead atoms. The molecule has 1 amide bonds. The molecule has 0 unspecified atom stereocenters. The third kappa shape index (κ3) is 4.45. The summed E-state index contributed by atoms with van der Waals surface area (Å²) in [5.41, 5.74) is 0.483. The van der Waals surface area contributed by atoms with Gasteiger partial charge in [0.15, 0.2) is 5.82 Å². The Bertz CT molecular complexity index is 599. The smallest absolute Gasteiger partial charge is 0.343 e. The predicted molar refractivity (Wildman–Crippen MR) is 66.4 cm³/mol. The molecule has 1 aromatic heterocycles. The summed E-state index contributed by atoms with van der Waals surface area (Å²) in [6, 6.07) is 5.24. The largest absolute Gasteiger partial charge is 0.397 e. The minimum atomic E-state index is -4.59. The Morgan fingerprint density at radius 2 is 2.00 bits per heavy atom.